The van der Waals surface area contributed by atoms with Gasteiger partial charge in [-0.3, -0.25) is 0 Å². The molecule has 6 nitrogen and oxygen atoms in total. The molecule has 2 rings (SSSR count). The third-order valence-corrected chi connectivity index (χ3v) is 3.61. The molecule has 2 N–H and O–H groups in total. The van der Waals surface area contributed by atoms with Gasteiger partial charge in [0.2, 0.25) is 0 Å². The number of carbonyl (C=O) groups is 2. The number of esters is 1. The Kier molecular flexibility index (Phi) is 6.91. The number of nitrogens with two attached hydrogens (primary N) is 1. The van der Waals surface area contributed by atoms with E-state index in [-0.39, 0.29) is 23.8 Å². The summed E-state index contributed by atoms with van der Waals surface area (Å²) in [5.41, 5.74) is 5.15. The summed E-state index contributed by atoms with van der Waals surface area (Å²) in [6.07, 6.45) is -1.85. The van der Waals surface area contributed by atoms with Gasteiger partial charge < -0.3 is 19.9 Å². The first-order chi connectivity index (χ1) is 12.0. The Bertz CT molecular complexity index is 736. The van der Waals surface area contributed by atoms with Crippen LogP contribution in [-0.4, -0.2) is 31.4 Å². The van der Waals surface area contributed by atoms with Gasteiger partial charge in [0.05, 0.1) is 10.6 Å². The van der Waals surface area contributed by atoms with Gasteiger partial charge in [0.15, 0.2) is 6.10 Å². The molecule has 0 radical (unpaired) electrons. The lowest BCUT2D eigenvalue weighted by atomic mass is 10.2. The van der Waals surface area contributed by atoms with Crippen molar-refractivity contribution in [3.05, 3.63) is 64.1 Å². The average Bonchev–Trinajstić information content (AvgIpc) is 2.58. The van der Waals surface area contributed by atoms with E-state index in [1.165, 1.54) is 6.07 Å². The smallest absolute Gasteiger partial charge is 0.404 e. The highest BCUT2D eigenvalue weighted by atomic mass is 35.5. The highest BCUT2D eigenvalue weighted by Crippen LogP contribution is 2.18. The van der Waals surface area contributed by atoms with Gasteiger partial charge in [-0.1, -0.05) is 35.3 Å². The van der Waals surface area contributed by atoms with Gasteiger partial charge in [0.1, 0.15) is 19.0 Å². The lowest BCUT2D eigenvalue weighted by Gasteiger charge is -2.18. The molecule has 25 heavy (non-hydrogen) atoms. The highest BCUT2D eigenvalue weighted by molar-refractivity contribution is 6.33. The topological polar surface area (TPSA) is 87.9 Å². The van der Waals surface area contributed by atoms with Crippen molar-refractivity contribution in [3.63, 3.8) is 0 Å². The SMILES string of the molecule is NC(=O)OC[C@@H](COc1ccc(Cl)cc1)OC(=O)c1ccccc1Cl. The van der Waals surface area contributed by atoms with Crippen LogP contribution in [0.15, 0.2) is 48.5 Å². The zero-order chi connectivity index (χ0) is 18.2. The second-order valence-electron chi connectivity index (χ2n) is 4.90. The van der Waals surface area contributed by atoms with Gasteiger partial charge in [0.25, 0.3) is 0 Å². The first kappa shape index (κ1) is 18.9. The Morgan fingerprint density at radius 2 is 1.68 bits per heavy atom. The molecule has 0 bridgehead atoms. The fourth-order valence-corrected chi connectivity index (χ4v) is 2.19. The van der Waals surface area contributed by atoms with Crippen molar-refractivity contribution in [2.75, 3.05) is 13.2 Å². The number of hydrogen-bond acceptors (Lipinski definition) is 5. The number of benzene rings is 2. The van der Waals surface area contributed by atoms with E-state index >= 15 is 0 Å². The molecule has 2 aromatic carbocycles. The van der Waals surface area contributed by atoms with Crippen LogP contribution < -0.4 is 10.5 Å². The minimum atomic E-state index is -0.981. The third-order valence-electron chi connectivity index (χ3n) is 3.03. The summed E-state index contributed by atoms with van der Waals surface area (Å²) in [6, 6.07) is 13.1. The van der Waals surface area contributed by atoms with Crippen molar-refractivity contribution < 1.29 is 23.8 Å². The van der Waals surface area contributed by atoms with Crippen LogP contribution in [0.2, 0.25) is 10.0 Å². The molecule has 0 saturated heterocycles. The summed E-state index contributed by atoms with van der Waals surface area (Å²) >= 11 is 11.8. The molecule has 2 aromatic rings. The van der Waals surface area contributed by atoms with Gasteiger partial charge in [-0.2, -0.15) is 0 Å². The van der Waals surface area contributed by atoms with Crippen LogP contribution in [0.5, 0.6) is 5.75 Å². The normalized spacial score (nSPS) is 11.4. The molecule has 0 heterocycles. The van der Waals surface area contributed by atoms with Gasteiger partial charge in [-0.15, -0.1) is 0 Å². The summed E-state index contributed by atoms with van der Waals surface area (Å²) in [6.45, 7) is -0.301. The van der Waals surface area contributed by atoms with Crippen molar-refractivity contribution in [2.45, 2.75) is 6.10 Å². The number of amides is 1. The van der Waals surface area contributed by atoms with Gasteiger partial charge in [0, 0.05) is 5.02 Å². The van der Waals surface area contributed by atoms with Crippen LogP contribution in [0, 0.1) is 0 Å². The zero-order valence-corrected chi connectivity index (χ0v) is 14.5. The van der Waals surface area contributed by atoms with Gasteiger partial charge >= 0.3 is 12.1 Å². The molecule has 132 valence electrons. The van der Waals surface area contributed by atoms with E-state index in [0.29, 0.717) is 10.8 Å². The van der Waals surface area contributed by atoms with E-state index in [1.807, 2.05) is 0 Å². The quantitative estimate of drug-likeness (QED) is 0.736. The number of carbonyl (C=O) groups excluding carboxylic acids is 2. The van der Waals surface area contributed by atoms with Crippen molar-refractivity contribution in [2.24, 2.45) is 5.73 Å². The Morgan fingerprint density at radius 3 is 2.32 bits per heavy atom. The molecule has 0 spiro atoms. The largest absolute Gasteiger partial charge is 0.490 e. The minimum absolute atomic E-state index is 0.0505. The van der Waals surface area contributed by atoms with Crippen molar-refractivity contribution in [3.8, 4) is 5.75 Å². The molecule has 8 heteroatoms. The second kappa shape index (κ2) is 9.15. The average molecular weight is 384 g/mol. The lowest BCUT2D eigenvalue weighted by molar-refractivity contribution is -0.00456. The van der Waals surface area contributed by atoms with Crippen LogP contribution >= 0.6 is 23.2 Å². The summed E-state index contributed by atoms with van der Waals surface area (Å²) in [4.78, 5) is 23.0. The molecule has 0 fully saturated rings. The number of halogens is 2. The molecule has 0 aliphatic heterocycles. The maximum absolute atomic E-state index is 12.2. The zero-order valence-electron chi connectivity index (χ0n) is 13.0. The monoisotopic (exact) mass is 383 g/mol. The Labute approximate surface area is 154 Å². The molecule has 0 unspecified atom stereocenters. The Hall–Kier alpha value is -2.44. The van der Waals surface area contributed by atoms with Crippen LogP contribution in [0.4, 0.5) is 4.79 Å². The molecule has 0 saturated carbocycles. The number of hydrogen-bond donors (Lipinski definition) is 1. The predicted molar refractivity (Wildman–Crippen MR) is 93.1 cm³/mol. The van der Waals surface area contributed by atoms with Gasteiger partial charge in [-0.25, -0.2) is 9.59 Å². The first-order valence-electron chi connectivity index (χ1n) is 7.22. The summed E-state index contributed by atoms with van der Waals surface area (Å²) in [5, 5.41) is 0.812. The maximum Gasteiger partial charge on any atom is 0.404 e. The van der Waals surface area contributed by atoms with E-state index in [1.54, 1.807) is 42.5 Å². The van der Waals surface area contributed by atoms with Crippen LogP contribution in [0.3, 0.4) is 0 Å². The lowest BCUT2D eigenvalue weighted by Crippen LogP contribution is -2.32. The third kappa shape index (κ3) is 6.17. The molecule has 0 aliphatic rings. The molecule has 0 aliphatic carbocycles. The van der Waals surface area contributed by atoms with Crippen molar-refractivity contribution >= 4 is 35.3 Å². The molecule has 0 aromatic heterocycles. The Morgan fingerprint density at radius 1 is 1.00 bits per heavy atom. The Balaban J connectivity index is 2.01. The molecular formula is C17H15Cl2NO5. The molecular weight excluding hydrogens is 369 g/mol. The van der Waals surface area contributed by atoms with Crippen LogP contribution in [-0.2, 0) is 9.47 Å². The minimum Gasteiger partial charge on any atom is -0.490 e. The first-order valence-corrected chi connectivity index (χ1v) is 7.97. The predicted octanol–water partition coefficient (Wildman–Crippen LogP) is 3.69. The highest BCUT2D eigenvalue weighted by Gasteiger charge is 2.20. The van der Waals surface area contributed by atoms with E-state index in [9.17, 15) is 9.59 Å². The second-order valence-corrected chi connectivity index (χ2v) is 5.75. The molecule has 1 amide bonds. The van der Waals surface area contributed by atoms with Crippen LogP contribution in [0.1, 0.15) is 10.4 Å². The molecule has 1 atom stereocenters. The standard InChI is InChI=1S/C17H15Cl2NO5/c18-11-5-7-12(8-6-11)23-9-13(10-24-17(20)22)25-16(21)14-3-1-2-4-15(14)19/h1-8,13H,9-10H2,(H2,20,22)/t13-/m1/s1. The van der Waals surface area contributed by atoms with E-state index < -0.39 is 18.2 Å². The van der Waals surface area contributed by atoms with E-state index in [2.05, 4.69) is 0 Å². The van der Waals surface area contributed by atoms with Crippen LogP contribution in [0.25, 0.3) is 0 Å². The number of ether oxygens (including phenoxy) is 3. The van der Waals surface area contributed by atoms with Crippen molar-refractivity contribution in [1.29, 1.82) is 0 Å². The summed E-state index contributed by atoms with van der Waals surface area (Å²) in [5.74, 6) is -0.148. The van der Waals surface area contributed by atoms with E-state index in [0.717, 1.165) is 0 Å². The maximum atomic E-state index is 12.2. The summed E-state index contributed by atoms with van der Waals surface area (Å²) < 4.78 is 15.5. The fourth-order valence-electron chi connectivity index (χ4n) is 1.85. The number of primary amides is 1. The van der Waals surface area contributed by atoms with E-state index in [4.69, 9.17) is 43.1 Å². The summed E-state index contributed by atoms with van der Waals surface area (Å²) in [7, 11) is 0. The van der Waals surface area contributed by atoms with Gasteiger partial charge in [-0.05, 0) is 36.4 Å². The fraction of sp³-hybridized carbons (Fsp3) is 0.176. The number of rotatable bonds is 7. The van der Waals surface area contributed by atoms with Crippen molar-refractivity contribution in [1.82, 2.24) is 0 Å².